The standard InChI is InChI=1S/C13H8Cl2FN3O/c1-20-10-4-6(2-3-8(10)16)12-17-9-5-7(14)11(15)18-13(9)19-12/h2-5H,1H3,(H,17,18,19). The maximum absolute atomic E-state index is 13.4. The molecule has 0 aliphatic heterocycles. The van der Waals surface area contributed by atoms with Gasteiger partial charge in [-0.25, -0.2) is 14.4 Å². The molecule has 3 aromatic rings. The van der Waals surface area contributed by atoms with Crippen LogP contribution in [-0.4, -0.2) is 22.1 Å². The topological polar surface area (TPSA) is 50.8 Å². The summed E-state index contributed by atoms with van der Waals surface area (Å²) in [7, 11) is 1.40. The van der Waals surface area contributed by atoms with Crippen molar-refractivity contribution in [3.8, 4) is 17.1 Å². The molecule has 0 unspecified atom stereocenters. The van der Waals surface area contributed by atoms with Crippen LogP contribution in [0.15, 0.2) is 24.3 Å². The van der Waals surface area contributed by atoms with Crippen LogP contribution in [0.4, 0.5) is 4.39 Å². The van der Waals surface area contributed by atoms with E-state index in [1.54, 1.807) is 18.2 Å². The van der Waals surface area contributed by atoms with Gasteiger partial charge < -0.3 is 9.72 Å². The molecule has 2 heterocycles. The van der Waals surface area contributed by atoms with Gasteiger partial charge in [0.25, 0.3) is 0 Å². The summed E-state index contributed by atoms with van der Waals surface area (Å²) in [4.78, 5) is 11.4. The summed E-state index contributed by atoms with van der Waals surface area (Å²) in [5.41, 5.74) is 1.77. The van der Waals surface area contributed by atoms with Crippen LogP contribution in [0.5, 0.6) is 5.75 Å². The maximum Gasteiger partial charge on any atom is 0.179 e. The van der Waals surface area contributed by atoms with E-state index in [0.29, 0.717) is 27.6 Å². The molecule has 0 amide bonds. The smallest absolute Gasteiger partial charge is 0.179 e. The van der Waals surface area contributed by atoms with E-state index in [1.165, 1.54) is 13.2 Å². The fourth-order valence-corrected chi connectivity index (χ4v) is 2.13. The van der Waals surface area contributed by atoms with Crippen molar-refractivity contribution in [3.05, 3.63) is 40.3 Å². The Morgan fingerprint density at radius 1 is 1.20 bits per heavy atom. The third-order valence-corrected chi connectivity index (χ3v) is 3.48. The van der Waals surface area contributed by atoms with E-state index in [1.807, 2.05) is 0 Å². The van der Waals surface area contributed by atoms with E-state index in [2.05, 4.69) is 15.0 Å². The number of nitrogens with one attached hydrogen (secondary N) is 1. The molecule has 2 aromatic heterocycles. The average Bonchev–Trinajstić information content (AvgIpc) is 2.82. The highest BCUT2D eigenvalue weighted by Crippen LogP contribution is 2.28. The Labute approximate surface area is 123 Å². The van der Waals surface area contributed by atoms with Gasteiger partial charge in [0.1, 0.15) is 11.0 Å². The number of ether oxygens (including phenoxy) is 1. The molecule has 0 saturated carbocycles. The highest BCUT2D eigenvalue weighted by Gasteiger charge is 2.11. The number of imidazole rings is 1. The van der Waals surface area contributed by atoms with Crippen molar-refractivity contribution in [1.29, 1.82) is 0 Å². The molecule has 0 atom stereocenters. The predicted molar refractivity (Wildman–Crippen MR) is 75.9 cm³/mol. The first-order valence-corrected chi connectivity index (χ1v) is 6.40. The lowest BCUT2D eigenvalue weighted by atomic mass is 10.2. The molecule has 1 aromatic carbocycles. The second-order valence-electron chi connectivity index (χ2n) is 4.07. The molecule has 7 heteroatoms. The van der Waals surface area contributed by atoms with E-state index >= 15 is 0 Å². The fourth-order valence-electron chi connectivity index (χ4n) is 1.84. The second-order valence-corrected chi connectivity index (χ2v) is 4.83. The van der Waals surface area contributed by atoms with Gasteiger partial charge in [0.2, 0.25) is 0 Å². The molecule has 3 rings (SSSR count). The minimum Gasteiger partial charge on any atom is -0.494 e. The van der Waals surface area contributed by atoms with Crippen LogP contribution >= 0.6 is 23.2 Å². The molecule has 1 N–H and O–H groups in total. The predicted octanol–water partition coefficient (Wildman–Crippen LogP) is 4.08. The Bertz CT molecular complexity index is 765. The van der Waals surface area contributed by atoms with Crippen molar-refractivity contribution in [2.24, 2.45) is 0 Å². The van der Waals surface area contributed by atoms with Crippen LogP contribution in [-0.2, 0) is 0 Å². The van der Waals surface area contributed by atoms with Crippen LogP contribution in [0.25, 0.3) is 22.6 Å². The lowest BCUT2D eigenvalue weighted by molar-refractivity contribution is 0.387. The first-order chi connectivity index (χ1) is 9.58. The average molecular weight is 312 g/mol. The van der Waals surface area contributed by atoms with E-state index in [0.717, 1.165) is 0 Å². The zero-order chi connectivity index (χ0) is 14.3. The van der Waals surface area contributed by atoms with Gasteiger partial charge in [-0.2, -0.15) is 0 Å². The van der Waals surface area contributed by atoms with Crippen LogP contribution in [0.1, 0.15) is 0 Å². The molecule has 20 heavy (non-hydrogen) atoms. The molecule has 0 aliphatic rings. The van der Waals surface area contributed by atoms with E-state index in [-0.39, 0.29) is 10.9 Å². The summed E-state index contributed by atoms with van der Waals surface area (Å²) >= 11 is 11.7. The van der Waals surface area contributed by atoms with Gasteiger partial charge in [-0.05, 0) is 24.3 Å². The number of nitrogens with zero attached hydrogens (tertiary/aromatic N) is 2. The van der Waals surface area contributed by atoms with Crippen LogP contribution in [0.2, 0.25) is 10.2 Å². The summed E-state index contributed by atoms with van der Waals surface area (Å²) < 4.78 is 18.3. The number of pyridine rings is 1. The highest BCUT2D eigenvalue weighted by molar-refractivity contribution is 6.41. The summed E-state index contributed by atoms with van der Waals surface area (Å²) in [6, 6.07) is 6.10. The number of fused-ring (bicyclic) bond motifs is 1. The number of aromatic nitrogens is 3. The zero-order valence-electron chi connectivity index (χ0n) is 10.2. The lowest BCUT2D eigenvalue weighted by Crippen LogP contribution is -1.89. The highest BCUT2D eigenvalue weighted by atomic mass is 35.5. The molecule has 0 fully saturated rings. The van der Waals surface area contributed by atoms with Gasteiger partial charge in [-0.3, -0.25) is 0 Å². The zero-order valence-corrected chi connectivity index (χ0v) is 11.8. The maximum atomic E-state index is 13.4. The van der Waals surface area contributed by atoms with Gasteiger partial charge in [0.15, 0.2) is 17.2 Å². The molecule has 0 radical (unpaired) electrons. The van der Waals surface area contributed by atoms with Crippen molar-refractivity contribution < 1.29 is 9.13 Å². The minimum atomic E-state index is -0.434. The van der Waals surface area contributed by atoms with Crippen LogP contribution in [0, 0.1) is 5.82 Å². The summed E-state index contributed by atoms with van der Waals surface area (Å²) in [5, 5.41) is 0.528. The number of hydrogen-bond donors (Lipinski definition) is 1. The molecule has 0 saturated heterocycles. The van der Waals surface area contributed by atoms with Gasteiger partial charge >= 0.3 is 0 Å². The van der Waals surface area contributed by atoms with Crippen molar-refractivity contribution >= 4 is 34.4 Å². The number of hydrogen-bond acceptors (Lipinski definition) is 3. The first-order valence-electron chi connectivity index (χ1n) is 5.64. The van der Waals surface area contributed by atoms with Gasteiger partial charge in [-0.15, -0.1) is 0 Å². The number of rotatable bonds is 2. The molecule has 0 bridgehead atoms. The molecule has 102 valence electrons. The number of H-pyrrole nitrogens is 1. The SMILES string of the molecule is COc1cc(-c2nc3nc(Cl)c(Cl)cc3[nH]2)ccc1F. The number of benzene rings is 1. The number of halogens is 3. The van der Waals surface area contributed by atoms with Crippen molar-refractivity contribution in [3.63, 3.8) is 0 Å². The first kappa shape index (κ1) is 13.1. The number of aromatic amines is 1. The molecule has 0 spiro atoms. The number of methoxy groups -OCH3 is 1. The van der Waals surface area contributed by atoms with Gasteiger partial charge in [-0.1, -0.05) is 23.2 Å². The van der Waals surface area contributed by atoms with Crippen molar-refractivity contribution in [2.75, 3.05) is 7.11 Å². The van der Waals surface area contributed by atoms with E-state index < -0.39 is 5.82 Å². The third kappa shape index (κ3) is 2.19. The van der Waals surface area contributed by atoms with Gasteiger partial charge in [0, 0.05) is 5.56 Å². The summed E-state index contributed by atoms with van der Waals surface area (Å²) in [5.74, 6) is 0.243. The quantitative estimate of drug-likeness (QED) is 0.725. The Morgan fingerprint density at radius 2 is 2.00 bits per heavy atom. The Morgan fingerprint density at radius 3 is 2.75 bits per heavy atom. The van der Waals surface area contributed by atoms with E-state index in [9.17, 15) is 4.39 Å². The minimum absolute atomic E-state index is 0.145. The largest absolute Gasteiger partial charge is 0.494 e. The molecule has 4 nitrogen and oxygen atoms in total. The second kappa shape index (κ2) is 4.92. The fraction of sp³-hybridized carbons (Fsp3) is 0.0769. The Hall–Kier alpha value is -1.85. The van der Waals surface area contributed by atoms with Crippen molar-refractivity contribution in [1.82, 2.24) is 15.0 Å². The monoisotopic (exact) mass is 311 g/mol. The molecular formula is C13H8Cl2FN3O. The van der Waals surface area contributed by atoms with Gasteiger partial charge in [0.05, 0.1) is 17.6 Å². The van der Waals surface area contributed by atoms with Crippen LogP contribution in [0.3, 0.4) is 0 Å². The Kier molecular flexibility index (Phi) is 3.23. The lowest BCUT2D eigenvalue weighted by Gasteiger charge is -2.03. The van der Waals surface area contributed by atoms with Crippen LogP contribution < -0.4 is 4.74 Å². The summed E-state index contributed by atoms with van der Waals surface area (Å²) in [6.45, 7) is 0. The van der Waals surface area contributed by atoms with E-state index in [4.69, 9.17) is 27.9 Å². The van der Waals surface area contributed by atoms with Crippen molar-refractivity contribution in [2.45, 2.75) is 0 Å². The molecule has 0 aliphatic carbocycles. The third-order valence-electron chi connectivity index (χ3n) is 2.81. The Balaban J connectivity index is 2.14. The molecular weight excluding hydrogens is 304 g/mol. The normalized spacial score (nSPS) is 11.0. The summed E-state index contributed by atoms with van der Waals surface area (Å²) in [6.07, 6.45) is 0.